The smallest absolute Gasteiger partial charge is 0.262 e. The number of amides is 5. The Morgan fingerprint density at radius 1 is 0.895 bits per heavy atom. The zero-order valence-corrected chi connectivity index (χ0v) is 31.7. The number of nitrogens with zero attached hydrogens (tertiary/aromatic N) is 10. The molecule has 17 nitrogen and oxygen atoms in total. The molecule has 4 aliphatic rings. The highest BCUT2D eigenvalue weighted by atomic mass is 32.1. The summed E-state index contributed by atoms with van der Waals surface area (Å²) in [5.41, 5.74) is 5.11. The van der Waals surface area contributed by atoms with Gasteiger partial charge in [0, 0.05) is 76.2 Å². The molecule has 18 heteroatoms. The van der Waals surface area contributed by atoms with E-state index in [1.807, 2.05) is 25.2 Å². The molecular formula is C39H36N12O5S. The van der Waals surface area contributed by atoms with E-state index in [1.54, 1.807) is 27.7 Å². The molecule has 5 aromatic rings. The number of anilines is 2. The maximum Gasteiger partial charge on any atom is 0.262 e. The number of aromatic nitrogens is 5. The number of fused-ring (bicyclic) bond motifs is 2. The van der Waals surface area contributed by atoms with Crippen LogP contribution in [0, 0.1) is 11.3 Å². The van der Waals surface area contributed by atoms with Crippen molar-refractivity contribution in [1.29, 1.82) is 5.26 Å². The zero-order chi connectivity index (χ0) is 39.4. The second kappa shape index (κ2) is 14.5. The van der Waals surface area contributed by atoms with Crippen LogP contribution in [-0.4, -0.2) is 127 Å². The summed E-state index contributed by atoms with van der Waals surface area (Å²) < 4.78 is 1.76. The number of pyridine rings is 1. The van der Waals surface area contributed by atoms with Gasteiger partial charge in [0.1, 0.15) is 12.1 Å². The van der Waals surface area contributed by atoms with Crippen LogP contribution in [0.1, 0.15) is 62.3 Å². The lowest BCUT2D eigenvalue weighted by Gasteiger charge is -2.42. The number of carbonyl (C=O) groups is 5. The van der Waals surface area contributed by atoms with Crippen LogP contribution < -0.4 is 15.5 Å². The first-order valence-electron chi connectivity index (χ1n) is 18.7. The number of hydrogen-bond acceptors (Lipinski definition) is 14. The van der Waals surface area contributed by atoms with Gasteiger partial charge in [-0.2, -0.15) is 10.4 Å². The third kappa shape index (κ3) is 6.43. The minimum absolute atomic E-state index is 0.0378. The maximum atomic E-state index is 13.6. The van der Waals surface area contributed by atoms with Crippen molar-refractivity contribution in [3.63, 3.8) is 0 Å². The van der Waals surface area contributed by atoms with Gasteiger partial charge in [-0.3, -0.25) is 44.1 Å². The number of nitriles is 1. The number of rotatable bonds is 7. The predicted octanol–water partition coefficient (Wildman–Crippen LogP) is 2.66. The number of piperazine rings is 1. The van der Waals surface area contributed by atoms with Gasteiger partial charge in [-0.05, 0) is 61.7 Å². The standard InChI is InChI=1S/C39H36N12O5S/c1-41-29-18-30(31-5-3-25-16-22(19-40)20-43-51(25)31)42-21-28(29)35-45-46-39(57-35)49-10-8-24(9-11-49)47-12-14-48(15-13-47)36(54)23-2-4-26-27(17-23)38(56)50(37(26)55)32-6-7-33(52)44-34(32)53/h2-5,16-18,20-21,24,32H,6-15H2,1H3,(H,41,42)(H,44,52,53)/t32-/m1/s1. The molecule has 1 aromatic carbocycles. The number of nitrogens with one attached hydrogen (secondary N) is 2. The molecule has 0 saturated carbocycles. The molecule has 5 amide bonds. The Kier molecular flexibility index (Phi) is 9.17. The van der Waals surface area contributed by atoms with Crippen molar-refractivity contribution in [3.05, 3.63) is 77.1 Å². The van der Waals surface area contributed by atoms with Crippen LogP contribution in [0.3, 0.4) is 0 Å². The molecule has 3 saturated heterocycles. The molecule has 3 fully saturated rings. The van der Waals surface area contributed by atoms with Gasteiger partial charge >= 0.3 is 0 Å². The molecule has 2 N–H and O–H groups in total. The van der Waals surface area contributed by atoms with Crippen LogP contribution in [0.2, 0.25) is 0 Å². The molecule has 0 radical (unpaired) electrons. The van der Waals surface area contributed by atoms with Crippen molar-refractivity contribution in [2.45, 2.75) is 37.8 Å². The molecule has 0 aliphatic carbocycles. The first-order chi connectivity index (χ1) is 27.7. The molecule has 57 heavy (non-hydrogen) atoms. The normalized spacial score (nSPS) is 19.2. The topological polar surface area (TPSA) is 202 Å². The van der Waals surface area contributed by atoms with E-state index in [-0.39, 0.29) is 29.9 Å². The average molecular weight is 785 g/mol. The van der Waals surface area contributed by atoms with E-state index in [1.165, 1.54) is 29.7 Å². The van der Waals surface area contributed by atoms with Gasteiger partial charge in [0.25, 0.3) is 17.7 Å². The monoisotopic (exact) mass is 784 g/mol. The van der Waals surface area contributed by atoms with Crippen LogP contribution in [0.4, 0.5) is 10.8 Å². The fraction of sp³-hybridized carbons (Fsp3) is 0.333. The van der Waals surface area contributed by atoms with Gasteiger partial charge in [-0.25, -0.2) is 4.52 Å². The van der Waals surface area contributed by atoms with E-state index < -0.39 is 29.7 Å². The van der Waals surface area contributed by atoms with E-state index in [0.29, 0.717) is 30.3 Å². The van der Waals surface area contributed by atoms with Gasteiger partial charge in [0.05, 0.1) is 45.4 Å². The van der Waals surface area contributed by atoms with Crippen LogP contribution in [0.25, 0.3) is 27.5 Å². The molecule has 0 bridgehead atoms. The summed E-state index contributed by atoms with van der Waals surface area (Å²) in [7, 11) is 1.86. The van der Waals surface area contributed by atoms with Crippen molar-refractivity contribution in [2.75, 3.05) is 56.5 Å². The molecule has 4 aromatic heterocycles. The average Bonchev–Trinajstić information content (AvgIpc) is 3.97. The minimum atomic E-state index is -1.06. The largest absolute Gasteiger partial charge is 0.387 e. The first-order valence-corrected chi connectivity index (χ1v) is 19.6. The number of carbonyl (C=O) groups excluding carboxylic acids is 5. The third-order valence-corrected chi connectivity index (χ3v) is 12.3. The third-order valence-electron chi connectivity index (χ3n) is 11.2. The van der Waals surface area contributed by atoms with Crippen LogP contribution >= 0.6 is 11.3 Å². The summed E-state index contributed by atoms with van der Waals surface area (Å²) in [6.45, 7) is 4.16. The van der Waals surface area contributed by atoms with Crippen LogP contribution in [-0.2, 0) is 9.59 Å². The SMILES string of the molecule is CNc1cc(-c2ccc3cc(C#N)cnn23)ncc1-c1nnc(N2CCC(N3CCN(C(=O)c4ccc5c(c4)C(=O)N([C@@H]4CCC(=O)NC4=O)C5=O)CC3)CC2)s1. The Balaban J connectivity index is 0.796. The van der Waals surface area contributed by atoms with Gasteiger partial charge < -0.3 is 15.1 Å². The molecule has 8 heterocycles. The lowest BCUT2D eigenvalue weighted by Crippen LogP contribution is -2.54. The van der Waals surface area contributed by atoms with Crippen molar-refractivity contribution in [1.82, 2.24) is 44.8 Å². The molecule has 4 aliphatic heterocycles. The van der Waals surface area contributed by atoms with Crippen molar-refractivity contribution in [3.8, 4) is 28.0 Å². The summed E-state index contributed by atoms with van der Waals surface area (Å²) in [6.07, 6.45) is 5.33. The summed E-state index contributed by atoms with van der Waals surface area (Å²) >= 11 is 1.53. The summed E-state index contributed by atoms with van der Waals surface area (Å²) in [5, 5.41) is 29.8. The van der Waals surface area contributed by atoms with Crippen LogP contribution in [0.15, 0.2) is 54.9 Å². The van der Waals surface area contributed by atoms with Crippen molar-refractivity contribution in [2.24, 2.45) is 0 Å². The van der Waals surface area contributed by atoms with E-state index >= 15 is 0 Å². The predicted molar refractivity (Wildman–Crippen MR) is 207 cm³/mol. The maximum absolute atomic E-state index is 13.6. The quantitative estimate of drug-likeness (QED) is 0.228. The molecule has 9 rings (SSSR count). The Hall–Kier alpha value is -6.58. The van der Waals surface area contributed by atoms with E-state index in [9.17, 15) is 29.2 Å². The van der Waals surface area contributed by atoms with Crippen molar-refractivity contribution >= 4 is 57.2 Å². The van der Waals surface area contributed by atoms with Gasteiger partial charge in [0.2, 0.25) is 16.9 Å². The van der Waals surface area contributed by atoms with Crippen LogP contribution in [0.5, 0.6) is 0 Å². The summed E-state index contributed by atoms with van der Waals surface area (Å²) in [6, 6.07) is 13.5. The van der Waals surface area contributed by atoms with Gasteiger partial charge in [-0.1, -0.05) is 11.3 Å². The number of piperidine rings is 2. The van der Waals surface area contributed by atoms with Crippen molar-refractivity contribution < 1.29 is 24.0 Å². The minimum Gasteiger partial charge on any atom is -0.387 e. The van der Waals surface area contributed by atoms with E-state index in [2.05, 4.69) is 41.8 Å². The second-order valence-electron chi connectivity index (χ2n) is 14.4. The Bertz CT molecular complexity index is 2530. The Morgan fingerprint density at radius 2 is 1.68 bits per heavy atom. The lowest BCUT2D eigenvalue weighted by atomic mass is 10.0. The lowest BCUT2D eigenvalue weighted by molar-refractivity contribution is -0.136. The molecule has 0 spiro atoms. The number of benzene rings is 1. The molecule has 288 valence electrons. The second-order valence-corrected chi connectivity index (χ2v) is 15.4. The zero-order valence-electron chi connectivity index (χ0n) is 30.8. The highest BCUT2D eigenvalue weighted by Crippen LogP contribution is 2.36. The highest BCUT2D eigenvalue weighted by molar-refractivity contribution is 7.18. The van der Waals surface area contributed by atoms with Gasteiger partial charge in [0.15, 0.2) is 5.01 Å². The Labute approximate surface area is 329 Å². The van der Waals surface area contributed by atoms with E-state index in [4.69, 9.17) is 4.98 Å². The first kappa shape index (κ1) is 36.1. The Morgan fingerprint density at radius 3 is 2.44 bits per heavy atom. The summed E-state index contributed by atoms with van der Waals surface area (Å²) in [5.74, 6) is -2.55. The molecule has 0 unspecified atom stereocenters. The molecular weight excluding hydrogens is 749 g/mol. The fourth-order valence-electron chi connectivity index (χ4n) is 8.18. The van der Waals surface area contributed by atoms with E-state index in [0.717, 1.165) is 82.2 Å². The van der Waals surface area contributed by atoms with Gasteiger partial charge in [-0.15, -0.1) is 10.2 Å². The summed E-state index contributed by atoms with van der Waals surface area (Å²) in [4.78, 5) is 76.1. The molecule has 1 atom stereocenters. The number of hydrogen-bond donors (Lipinski definition) is 2. The fourth-order valence-corrected chi connectivity index (χ4v) is 9.10. The number of imide groups is 2. The highest BCUT2D eigenvalue weighted by Gasteiger charge is 2.45.